The number of esters is 1. The second-order valence-electron chi connectivity index (χ2n) is 7.03. The quantitative estimate of drug-likeness (QED) is 0.569. The van der Waals surface area contributed by atoms with E-state index in [1.54, 1.807) is 24.3 Å². The number of carbonyl (C=O) groups is 3. The van der Waals surface area contributed by atoms with Gasteiger partial charge in [-0.05, 0) is 41.8 Å². The van der Waals surface area contributed by atoms with Crippen LogP contribution in [0.2, 0.25) is 0 Å². The van der Waals surface area contributed by atoms with Crippen molar-refractivity contribution in [2.75, 3.05) is 7.11 Å². The highest BCUT2D eigenvalue weighted by Crippen LogP contribution is 2.35. The molecule has 7 heteroatoms. The van der Waals surface area contributed by atoms with E-state index in [-0.39, 0.29) is 12.5 Å². The number of unbranched alkanes of at least 4 members (excludes halogenated alkanes) is 1. The smallest absolute Gasteiger partial charge is 0.337 e. The lowest BCUT2D eigenvalue weighted by Crippen LogP contribution is -2.44. The zero-order valence-corrected chi connectivity index (χ0v) is 16.4. The van der Waals surface area contributed by atoms with Gasteiger partial charge in [0.05, 0.1) is 19.2 Å². The first-order valence-corrected chi connectivity index (χ1v) is 9.48. The van der Waals surface area contributed by atoms with E-state index in [2.05, 4.69) is 5.32 Å². The van der Waals surface area contributed by atoms with Crippen molar-refractivity contribution in [2.45, 2.75) is 38.3 Å². The molecule has 3 amide bonds. The molecule has 3 rings (SSSR count). The van der Waals surface area contributed by atoms with Crippen LogP contribution in [0, 0.1) is 5.82 Å². The molecule has 0 radical (unpaired) electrons. The van der Waals surface area contributed by atoms with E-state index in [9.17, 15) is 18.8 Å². The third-order valence-electron chi connectivity index (χ3n) is 5.11. The lowest BCUT2D eigenvalue weighted by atomic mass is 9.84. The first-order chi connectivity index (χ1) is 13.9. The molecule has 6 nitrogen and oxygen atoms in total. The number of carbonyl (C=O) groups excluding carboxylic acids is 3. The minimum Gasteiger partial charge on any atom is -0.465 e. The average Bonchev–Trinajstić information content (AvgIpc) is 2.97. The molecule has 0 bridgehead atoms. The number of amides is 3. The predicted octanol–water partition coefficient (Wildman–Crippen LogP) is 3.75. The van der Waals surface area contributed by atoms with Crippen molar-refractivity contribution in [3.8, 4) is 0 Å². The van der Waals surface area contributed by atoms with Crippen LogP contribution in [-0.2, 0) is 21.6 Å². The van der Waals surface area contributed by atoms with Crippen LogP contribution in [0.15, 0.2) is 48.5 Å². The van der Waals surface area contributed by atoms with Crippen molar-refractivity contribution >= 4 is 17.9 Å². The number of hydrogen-bond donors (Lipinski definition) is 1. The summed E-state index contributed by atoms with van der Waals surface area (Å²) < 4.78 is 18.1. The van der Waals surface area contributed by atoms with Gasteiger partial charge >= 0.3 is 12.0 Å². The Balaban J connectivity index is 1.92. The fourth-order valence-corrected chi connectivity index (χ4v) is 3.55. The normalized spacial score (nSPS) is 18.7. The van der Waals surface area contributed by atoms with Gasteiger partial charge in [0.15, 0.2) is 0 Å². The molecule has 152 valence electrons. The zero-order valence-electron chi connectivity index (χ0n) is 16.4. The van der Waals surface area contributed by atoms with Crippen LogP contribution in [-0.4, -0.2) is 29.9 Å². The van der Waals surface area contributed by atoms with E-state index in [1.807, 2.05) is 6.92 Å². The van der Waals surface area contributed by atoms with Gasteiger partial charge in [0, 0.05) is 0 Å². The molecule has 1 aliphatic rings. The fraction of sp³-hybridized carbons (Fsp3) is 0.318. The van der Waals surface area contributed by atoms with Crippen molar-refractivity contribution in [1.82, 2.24) is 10.2 Å². The van der Waals surface area contributed by atoms with E-state index in [0.29, 0.717) is 23.1 Å². The van der Waals surface area contributed by atoms with Crippen molar-refractivity contribution in [3.05, 3.63) is 71.0 Å². The molecule has 0 aromatic heterocycles. The summed E-state index contributed by atoms with van der Waals surface area (Å²) >= 11 is 0. The van der Waals surface area contributed by atoms with Crippen LogP contribution in [0.5, 0.6) is 0 Å². The molecule has 1 heterocycles. The van der Waals surface area contributed by atoms with Crippen LogP contribution >= 0.6 is 0 Å². The van der Waals surface area contributed by atoms with E-state index < -0.39 is 23.4 Å². The van der Waals surface area contributed by atoms with Crippen LogP contribution < -0.4 is 5.32 Å². The molecule has 1 N–H and O–H groups in total. The van der Waals surface area contributed by atoms with E-state index in [4.69, 9.17) is 4.74 Å². The minimum atomic E-state index is -1.22. The molecule has 0 spiro atoms. The maximum Gasteiger partial charge on any atom is 0.337 e. The Morgan fingerprint density at radius 2 is 1.90 bits per heavy atom. The Bertz CT molecular complexity index is 929. The van der Waals surface area contributed by atoms with Crippen LogP contribution in [0.4, 0.5) is 9.18 Å². The maximum atomic E-state index is 13.4. The number of hydrogen-bond acceptors (Lipinski definition) is 4. The Morgan fingerprint density at radius 3 is 2.55 bits per heavy atom. The number of methoxy groups -OCH3 is 1. The molecule has 29 heavy (non-hydrogen) atoms. The van der Waals surface area contributed by atoms with Gasteiger partial charge in [-0.1, -0.05) is 44.0 Å². The van der Waals surface area contributed by atoms with Gasteiger partial charge in [0.1, 0.15) is 11.4 Å². The van der Waals surface area contributed by atoms with Gasteiger partial charge in [-0.25, -0.2) is 14.0 Å². The Kier molecular flexibility index (Phi) is 5.96. The molecule has 1 aliphatic heterocycles. The molecule has 1 saturated heterocycles. The Morgan fingerprint density at radius 1 is 1.17 bits per heavy atom. The van der Waals surface area contributed by atoms with Crippen molar-refractivity contribution in [3.63, 3.8) is 0 Å². The number of ether oxygens (including phenoxy) is 1. The molecule has 1 fully saturated rings. The summed E-state index contributed by atoms with van der Waals surface area (Å²) in [6.45, 7) is 2.01. The van der Waals surface area contributed by atoms with Gasteiger partial charge < -0.3 is 10.1 Å². The van der Waals surface area contributed by atoms with Crippen molar-refractivity contribution < 1.29 is 23.5 Å². The Hall–Kier alpha value is -3.22. The number of rotatable bonds is 7. The van der Waals surface area contributed by atoms with Gasteiger partial charge in [0.25, 0.3) is 5.91 Å². The summed E-state index contributed by atoms with van der Waals surface area (Å²) in [5, 5.41) is 2.83. The second kappa shape index (κ2) is 8.43. The summed E-state index contributed by atoms with van der Waals surface area (Å²) in [4.78, 5) is 39.0. The minimum absolute atomic E-state index is 0.0184. The SMILES string of the molecule is CCCCC1(c2ccc(F)cc2)NC(=O)N(Cc2cccc(C(=O)OC)c2)C1=O. The molecule has 1 atom stereocenters. The van der Waals surface area contributed by atoms with Gasteiger partial charge in [-0.2, -0.15) is 0 Å². The van der Waals surface area contributed by atoms with E-state index in [1.165, 1.54) is 31.4 Å². The van der Waals surface area contributed by atoms with Gasteiger partial charge in [0.2, 0.25) is 0 Å². The number of halogens is 1. The zero-order chi connectivity index (χ0) is 21.0. The van der Waals surface area contributed by atoms with Gasteiger partial charge in [-0.3, -0.25) is 9.69 Å². The summed E-state index contributed by atoms with van der Waals surface area (Å²) in [7, 11) is 1.29. The number of benzene rings is 2. The molecule has 2 aromatic carbocycles. The lowest BCUT2D eigenvalue weighted by molar-refractivity contribution is -0.132. The first kappa shape index (κ1) is 20.5. The van der Waals surface area contributed by atoms with Crippen LogP contribution in [0.3, 0.4) is 0 Å². The van der Waals surface area contributed by atoms with Crippen molar-refractivity contribution in [1.29, 1.82) is 0 Å². The molecule has 0 aliphatic carbocycles. The summed E-state index contributed by atoms with van der Waals surface area (Å²) in [6.07, 6.45) is 1.97. The average molecular weight is 398 g/mol. The largest absolute Gasteiger partial charge is 0.465 e. The maximum absolute atomic E-state index is 13.4. The standard InChI is InChI=1S/C22H23FN2O4/c1-3-4-12-22(17-8-10-18(23)11-9-17)20(27)25(21(28)24-22)14-15-6-5-7-16(13-15)19(26)29-2/h5-11,13H,3-4,12,14H2,1-2H3,(H,24,28). The van der Waals surface area contributed by atoms with E-state index >= 15 is 0 Å². The van der Waals surface area contributed by atoms with E-state index in [0.717, 1.165) is 17.7 Å². The highest BCUT2D eigenvalue weighted by Gasteiger charge is 2.51. The summed E-state index contributed by atoms with van der Waals surface area (Å²) in [6, 6.07) is 11.7. The molecule has 0 saturated carbocycles. The first-order valence-electron chi connectivity index (χ1n) is 9.48. The van der Waals surface area contributed by atoms with Crippen LogP contribution in [0.1, 0.15) is 47.7 Å². The number of nitrogens with zero attached hydrogens (tertiary/aromatic N) is 1. The monoisotopic (exact) mass is 398 g/mol. The summed E-state index contributed by atoms with van der Waals surface area (Å²) in [5.41, 5.74) is 0.298. The third kappa shape index (κ3) is 3.99. The predicted molar refractivity (Wildman–Crippen MR) is 104 cm³/mol. The molecule has 2 aromatic rings. The molecule has 1 unspecified atom stereocenters. The fourth-order valence-electron chi connectivity index (χ4n) is 3.55. The number of urea groups is 1. The van der Waals surface area contributed by atoms with Gasteiger partial charge in [-0.15, -0.1) is 0 Å². The second-order valence-corrected chi connectivity index (χ2v) is 7.03. The highest BCUT2D eigenvalue weighted by molar-refractivity contribution is 6.07. The van der Waals surface area contributed by atoms with Crippen LogP contribution in [0.25, 0.3) is 0 Å². The van der Waals surface area contributed by atoms with Crippen molar-refractivity contribution in [2.24, 2.45) is 0 Å². The third-order valence-corrected chi connectivity index (χ3v) is 5.11. The summed E-state index contributed by atoms with van der Waals surface area (Å²) in [5.74, 6) is -1.29. The number of imide groups is 1. The molecular formula is C22H23FN2O4. The molecular weight excluding hydrogens is 375 g/mol. The Labute approximate surface area is 168 Å². The topological polar surface area (TPSA) is 75.7 Å². The lowest BCUT2D eigenvalue weighted by Gasteiger charge is -2.27. The highest BCUT2D eigenvalue weighted by atomic mass is 19.1. The number of nitrogens with one attached hydrogen (secondary N) is 1.